The molecule has 210 valence electrons. The number of hydrogen-bond donors (Lipinski definition) is 2. The van der Waals surface area contributed by atoms with E-state index < -0.39 is 5.91 Å². The summed E-state index contributed by atoms with van der Waals surface area (Å²) in [5, 5.41) is 5.64. The van der Waals surface area contributed by atoms with Gasteiger partial charge in [-0.3, -0.25) is 14.4 Å². The molecule has 0 bridgehead atoms. The molecule has 0 atom stereocenters. The molecule has 0 aromatic heterocycles. The molecule has 0 saturated carbocycles. The second kappa shape index (κ2) is 13.8. The van der Waals surface area contributed by atoms with E-state index in [0.29, 0.717) is 40.5 Å². The Morgan fingerprint density at radius 1 is 1.00 bits per heavy atom. The number of rotatable bonds is 9. The second-order valence-electron chi connectivity index (χ2n) is 9.40. The lowest BCUT2D eigenvalue weighted by Crippen LogP contribution is -2.36. The summed E-state index contributed by atoms with van der Waals surface area (Å²) in [5.41, 5.74) is 2.94. The van der Waals surface area contributed by atoms with Crippen molar-refractivity contribution in [1.82, 2.24) is 4.90 Å². The Morgan fingerprint density at radius 3 is 2.34 bits per heavy atom. The lowest BCUT2D eigenvalue weighted by molar-refractivity contribution is -0.149. The molecule has 9 heteroatoms. The first-order chi connectivity index (χ1) is 19.9. The van der Waals surface area contributed by atoms with Crippen LogP contribution in [0.3, 0.4) is 0 Å². The molecule has 1 heterocycles. The van der Waals surface area contributed by atoms with Crippen molar-refractivity contribution in [3.05, 3.63) is 83.4 Å². The minimum absolute atomic E-state index is 0.0601. The minimum atomic E-state index is -0.413. The zero-order valence-electron chi connectivity index (χ0n) is 23.1. The first-order valence-electron chi connectivity index (χ1n) is 13.3. The number of piperidine rings is 1. The van der Waals surface area contributed by atoms with Gasteiger partial charge in [0.25, 0.3) is 11.8 Å². The van der Waals surface area contributed by atoms with Crippen LogP contribution in [0.5, 0.6) is 5.75 Å². The van der Waals surface area contributed by atoms with Crippen LogP contribution < -0.4 is 15.4 Å². The van der Waals surface area contributed by atoms with Crippen LogP contribution in [-0.4, -0.2) is 55.8 Å². The van der Waals surface area contributed by atoms with Gasteiger partial charge in [0.1, 0.15) is 5.75 Å². The van der Waals surface area contributed by atoms with Gasteiger partial charge in [0.2, 0.25) is 0 Å². The van der Waals surface area contributed by atoms with Crippen molar-refractivity contribution >= 4 is 41.2 Å². The Labute approximate surface area is 239 Å². The third-order valence-electron chi connectivity index (χ3n) is 6.68. The van der Waals surface area contributed by atoms with Gasteiger partial charge in [0.05, 0.1) is 42.9 Å². The van der Waals surface area contributed by atoms with Crippen LogP contribution in [0.4, 0.5) is 17.1 Å². The van der Waals surface area contributed by atoms with E-state index in [9.17, 15) is 14.4 Å². The number of terminal acetylenes is 1. The Bertz CT molecular complexity index is 1450. The highest BCUT2D eigenvalue weighted by Gasteiger charge is 2.25. The number of aliphatic imine (C=N–C) groups is 1. The Balaban J connectivity index is 1.39. The van der Waals surface area contributed by atoms with Gasteiger partial charge in [0.15, 0.2) is 0 Å². The zero-order chi connectivity index (χ0) is 29.2. The number of benzene rings is 3. The van der Waals surface area contributed by atoms with Gasteiger partial charge < -0.3 is 25.0 Å². The number of nitrogens with zero attached hydrogens (tertiary/aromatic N) is 2. The highest BCUT2D eigenvalue weighted by atomic mass is 16.5. The summed E-state index contributed by atoms with van der Waals surface area (Å²) >= 11 is 0. The van der Waals surface area contributed by atoms with Crippen molar-refractivity contribution < 1.29 is 23.9 Å². The summed E-state index contributed by atoms with van der Waals surface area (Å²) in [6.07, 6.45) is 8.62. The lowest BCUT2D eigenvalue weighted by Gasteiger charge is -2.29. The van der Waals surface area contributed by atoms with E-state index in [1.54, 1.807) is 73.1 Å². The van der Waals surface area contributed by atoms with Gasteiger partial charge in [-0.25, -0.2) is 4.99 Å². The number of esters is 1. The average molecular weight is 553 g/mol. The summed E-state index contributed by atoms with van der Waals surface area (Å²) in [6.45, 7) is 3.66. The van der Waals surface area contributed by atoms with Crippen LogP contribution in [0.1, 0.15) is 46.0 Å². The van der Waals surface area contributed by atoms with Crippen LogP contribution in [0, 0.1) is 18.3 Å². The third kappa shape index (κ3) is 7.73. The quantitative estimate of drug-likeness (QED) is 0.165. The van der Waals surface area contributed by atoms with Crippen molar-refractivity contribution in [3.8, 4) is 18.1 Å². The number of carbonyl (C=O) groups is 3. The Kier molecular flexibility index (Phi) is 9.73. The molecular formula is C32H32N4O5. The molecular weight excluding hydrogens is 520 g/mol. The molecule has 1 aliphatic rings. The molecule has 0 unspecified atom stereocenters. The molecule has 0 spiro atoms. The van der Waals surface area contributed by atoms with Crippen molar-refractivity contribution in [2.45, 2.75) is 19.8 Å². The van der Waals surface area contributed by atoms with E-state index >= 15 is 0 Å². The zero-order valence-corrected chi connectivity index (χ0v) is 23.1. The molecule has 2 N–H and O–H groups in total. The second-order valence-corrected chi connectivity index (χ2v) is 9.40. The highest BCUT2D eigenvalue weighted by Crippen LogP contribution is 2.25. The first kappa shape index (κ1) is 28.9. The fraction of sp³-hybridized carbons (Fsp3) is 0.250. The number of likely N-dealkylation sites (tertiary alicyclic amines) is 1. The number of nitrogens with one attached hydrogen (secondary N) is 2. The van der Waals surface area contributed by atoms with E-state index in [4.69, 9.17) is 15.9 Å². The van der Waals surface area contributed by atoms with Crippen molar-refractivity contribution in [2.24, 2.45) is 10.9 Å². The van der Waals surface area contributed by atoms with Crippen molar-refractivity contribution in [1.29, 1.82) is 0 Å². The molecule has 0 radical (unpaired) electrons. The average Bonchev–Trinajstić information content (AvgIpc) is 3.01. The van der Waals surface area contributed by atoms with Crippen LogP contribution in [0.25, 0.3) is 0 Å². The van der Waals surface area contributed by atoms with Gasteiger partial charge in [-0.15, -0.1) is 6.42 Å². The molecule has 3 aromatic rings. The standard InChI is InChI=1S/C32H32N4O5/c1-4-22-6-10-26(11-7-22)34-31(38)28-20-27(40-3)14-15-29(28)35-30(37)23-8-12-25(13-9-23)33-21-36-18-16-24(17-19-36)32(39)41-5-2/h1,6-15,20-21,24H,5,16-19H2,2-3H3,(H,34,38)(H,35,37)/b33-21+. The summed E-state index contributed by atoms with van der Waals surface area (Å²) in [5.74, 6) is 2.03. The molecule has 4 rings (SSSR count). The Morgan fingerprint density at radius 2 is 1.71 bits per heavy atom. The van der Waals surface area contributed by atoms with E-state index in [2.05, 4.69) is 26.4 Å². The predicted molar refractivity (Wildman–Crippen MR) is 159 cm³/mol. The maximum Gasteiger partial charge on any atom is 0.309 e. The first-order valence-corrected chi connectivity index (χ1v) is 13.3. The fourth-order valence-electron chi connectivity index (χ4n) is 4.35. The number of anilines is 2. The van der Waals surface area contributed by atoms with E-state index in [1.165, 1.54) is 7.11 Å². The maximum atomic E-state index is 13.1. The number of amides is 2. The van der Waals surface area contributed by atoms with Crippen molar-refractivity contribution in [3.63, 3.8) is 0 Å². The summed E-state index contributed by atoms with van der Waals surface area (Å²) in [6, 6.07) is 18.6. The molecule has 41 heavy (non-hydrogen) atoms. The van der Waals surface area contributed by atoms with Gasteiger partial charge in [-0.05, 0) is 86.5 Å². The van der Waals surface area contributed by atoms with E-state index in [-0.39, 0.29) is 23.4 Å². The summed E-state index contributed by atoms with van der Waals surface area (Å²) < 4.78 is 10.4. The molecule has 1 aliphatic heterocycles. The lowest BCUT2D eigenvalue weighted by atomic mass is 9.97. The highest BCUT2D eigenvalue weighted by molar-refractivity contribution is 6.12. The number of hydrogen-bond acceptors (Lipinski definition) is 6. The maximum absolute atomic E-state index is 13.1. The SMILES string of the molecule is C#Cc1ccc(NC(=O)c2cc(OC)ccc2NC(=O)c2ccc(/N=C/N3CCC(C(=O)OCC)CC3)cc2)cc1. The molecule has 3 aromatic carbocycles. The number of methoxy groups -OCH3 is 1. The monoisotopic (exact) mass is 552 g/mol. The number of carbonyl (C=O) groups excluding carboxylic acids is 3. The Hall–Kier alpha value is -5.10. The van der Waals surface area contributed by atoms with Gasteiger partial charge in [-0.2, -0.15) is 0 Å². The van der Waals surface area contributed by atoms with E-state index in [0.717, 1.165) is 25.9 Å². The van der Waals surface area contributed by atoms with E-state index in [1.807, 2.05) is 6.92 Å². The smallest absolute Gasteiger partial charge is 0.309 e. The predicted octanol–water partition coefficient (Wildman–Crippen LogP) is 5.12. The van der Waals surface area contributed by atoms with Gasteiger partial charge in [-0.1, -0.05) is 5.92 Å². The fourth-order valence-corrected chi connectivity index (χ4v) is 4.35. The third-order valence-corrected chi connectivity index (χ3v) is 6.68. The summed E-state index contributed by atoms with van der Waals surface area (Å²) in [7, 11) is 1.50. The van der Waals surface area contributed by atoms with Crippen LogP contribution in [0.2, 0.25) is 0 Å². The van der Waals surface area contributed by atoms with Crippen LogP contribution >= 0.6 is 0 Å². The molecule has 1 fully saturated rings. The normalized spacial score (nSPS) is 13.3. The topological polar surface area (TPSA) is 109 Å². The van der Waals surface area contributed by atoms with Crippen LogP contribution in [0.15, 0.2) is 71.7 Å². The van der Waals surface area contributed by atoms with Gasteiger partial charge >= 0.3 is 5.97 Å². The van der Waals surface area contributed by atoms with Crippen molar-refractivity contribution in [2.75, 3.05) is 37.4 Å². The number of ether oxygens (including phenoxy) is 2. The summed E-state index contributed by atoms with van der Waals surface area (Å²) in [4.78, 5) is 44.6. The molecule has 0 aliphatic carbocycles. The largest absolute Gasteiger partial charge is 0.497 e. The minimum Gasteiger partial charge on any atom is -0.497 e. The molecule has 9 nitrogen and oxygen atoms in total. The van der Waals surface area contributed by atoms with Gasteiger partial charge in [0, 0.05) is 29.9 Å². The molecule has 1 saturated heterocycles. The van der Waals surface area contributed by atoms with Crippen LogP contribution in [-0.2, 0) is 9.53 Å². The molecule has 2 amide bonds.